The Labute approximate surface area is 124 Å². The van der Waals surface area contributed by atoms with Crippen LogP contribution in [0.1, 0.15) is 30.1 Å². The van der Waals surface area contributed by atoms with Gasteiger partial charge in [-0.2, -0.15) is 4.98 Å². The summed E-state index contributed by atoms with van der Waals surface area (Å²) in [4.78, 5) is 16.1. The number of aromatic nitrogens is 2. The van der Waals surface area contributed by atoms with E-state index in [0.29, 0.717) is 31.0 Å². The van der Waals surface area contributed by atoms with E-state index in [9.17, 15) is 4.79 Å². The van der Waals surface area contributed by atoms with E-state index in [2.05, 4.69) is 26.1 Å². The van der Waals surface area contributed by atoms with E-state index in [4.69, 9.17) is 9.26 Å². The maximum Gasteiger partial charge on any atom is 0.321 e. The molecule has 0 saturated heterocycles. The second-order valence-corrected chi connectivity index (χ2v) is 5.81. The van der Waals surface area contributed by atoms with Gasteiger partial charge in [0.05, 0.1) is 7.11 Å². The van der Waals surface area contributed by atoms with Crippen LogP contribution in [0.3, 0.4) is 0 Å². The van der Waals surface area contributed by atoms with Gasteiger partial charge < -0.3 is 9.26 Å². The summed E-state index contributed by atoms with van der Waals surface area (Å²) in [6.45, 7) is 0. The average Bonchev–Trinajstić information content (AvgIpc) is 3.15. The number of benzene rings is 1. The van der Waals surface area contributed by atoms with Crippen LogP contribution in [-0.4, -0.2) is 23.2 Å². The summed E-state index contributed by atoms with van der Waals surface area (Å²) in [6, 6.07) is 7.92. The molecule has 1 aliphatic rings. The maximum absolute atomic E-state index is 11.7. The van der Waals surface area contributed by atoms with Crippen molar-refractivity contribution in [3.8, 4) is 0 Å². The van der Waals surface area contributed by atoms with Crippen LogP contribution in [0.5, 0.6) is 0 Å². The SMILES string of the molecule is COC(=O)C1(c2nc(Cc3ccc(Br)cc3)no2)CC1. The highest BCUT2D eigenvalue weighted by Crippen LogP contribution is 2.48. The Balaban J connectivity index is 1.77. The Kier molecular flexibility index (Phi) is 3.33. The summed E-state index contributed by atoms with van der Waals surface area (Å²) < 4.78 is 11.1. The summed E-state index contributed by atoms with van der Waals surface area (Å²) in [5.74, 6) is 0.658. The minimum atomic E-state index is -0.695. The van der Waals surface area contributed by atoms with E-state index in [1.807, 2.05) is 24.3 Å². The largest absolute Gasteiger partial charge is 0.468 e. The van der Waals surface area contributed by atoms with Crippen molar-refractivity contribution < 1.29 is 14.1 Å². The molecule has 6 heteroatoms. The van der Waals surface area contributed by atoms with Crippen molar-refractivity contribution in [1.82, 2.24) is 10.1 Å². The van der Waals surface area contributed by atoms with Gasteiger partial charge in [-0.15, -0.1) is 0 Å². The lowest BCUT2D eigenvalue weighted by atomic mass is 10.1. The molecule has 0 bridgehead atoms. The number of halogens is 1. The van der Waals surface area contributed by atoms with E-state index in [0.717, 1.165) is 10.0 Å². The number of carbonyl (C=O) groups is 1. The fourth-order valence-corrected chi connectivity index (χ4v) is 2.39. The first kappa shape index (κ1) is 13.3. The fourth-order valence-electron chi connectivity index (χ4n) is 2.13. The smallest absolute Gasteiger partial charge is 0.321 e. The van der Waals surface area contributed by atoms with Gasteiger partial charge in [0.15, 0.2) is 5.82 Å². The highest BCUT2D eigenvalue weighted by atomic mass is 79.9. The van der Waals surface area contributed by atoms with Crippen molar-refractivity contribution in [2.24, 2.45) is 0 Å². The van der Waals surface area contributed by atoms with Crippen LogP contribution >= 0.6 is 15.9 Å². The molecule has 0 aliphatic heterocycles. The van der Waals surface area contributed by atoms with Gasteiger partial charge in [-0.25, -0.2) is 0 Å². The summed E-state index contributed by atoms with van der Waals surface area (Å²) in [7, 11) is 1.38. The van der Waals surface area contributed by atoms with Gasteiger partial charge in [-0.3, -0.25) is 4.79 Å². The van der Waals surface area contributed by atoms with Crippen LogP contribution in [0.4, 0.5) is 0 Å². The van der Waals surface area contributed by atoms with Gasteiger partial charge >= 0.3 is 5.97 Å². The lowest BCUT2D eigenvalue weighted by Gasteiger charge is -2.05. The first-order chi connectivity index (χ1) is 9.64. The molecule has 1 aromatic heterocycles. The number of methoxy groups -OCH3 is 1. The molecular formula is C14H13BrN2O3. The van der Waals surface area contributed by atoms with Gasteiger partial charge in [-0.1, -0.05) is 33.2 Å². The zero-order valence-electron chi connectivity index (χ0n) is 10.9. The molecule has 1 aliphatic carbocycles. The van der Waals surface area contributed by atoms with Crippen molar-refractivity contribution in [1.29, 1.82) is 0 Å². The molecule has 1 saturated carbocycles. The van der Waals surface area contributed by atoms with Crippen molar-refractivity contribution >= 4 is 21.9 Å². The molecule has 3 rings (SSSR count). The third-order valence-corrected chi connectivity index (χ3v) is 4.01. The molecule has 0 atom stereocenters. The lowest BCUT2D eigenvalue weighted by Crippen LogP contribution is -2.22. The third kappa shape index (κ3) is 2.35. The van der Waals surface area contributed by atoms with Crippen LogP contribution < -0.4 is 0 Å². The number of carbonyl (C=O) groups excluding carboxylic acids is 1. The van der Waals surface area contributed by atoms with Crippen molar-refractivity contribution in [2.75, 3.05) is 7.11 Å². The van der Waals surface area contributed by atoms with Crippen molar-refractivity contribution in [3.05, 3.63) is 46.0 Å². The molecule has 0 unspecified atom stereocenters. The Morgan fingerprint density at radius 1 is 1.40 bits per heavy atom. The molecule has 0 spiro atoms. The van der Waals surface area contributed by atoms with Crippen LogP contribution in [0.2, 0.25) is 0 Å². The summed E-state index contributed by atoms with van der Waals surface area (Å²) in [5.41, 5.74) is 0.392. The first-order valence-corrected chi connectivity index (χ1v) is 7.09. The van der Waals surface area contributed by atoms with E-state index in [1.54, 1.807) is 0 Å². The molecule has 0 amide bonds. The zero-order valence-corrected chi connectivity index (χ0v) is 12.5. The Hall–Kier alpha value is -1.69. The predicted octanol–water partition coefficient (Wildman–Crippen LogP) is 2.63. The molecule has 0 radical (unpaired) electrons. The van der Waals surface area contributed by atoms with Crippen LogP contribution in [0, 0.1) is 0 Å². The van der Waals surface area contributed by atoms with E-state index >= 15 is 0 Å². The predicted molar refractivity (Wildman–Crippen MR) is 74.2 cm³/mol. The summed E-state index contributed by atoms with van der Waals surface area (Å²) >= 11 is 3.39. The van der Waals surface area contributed by atoms with E-state index < -0.39 is 5.41 Å². The maximum atomic E-state index is 11.7. The Morgan fingerprint density at radius 2 is 2.10 bits per heavy atom. The van der Waals surface area contributed by atoms with Crippen molar-refractivity contribution in [3.63, 3.8) is 0 Å². The number of hydrogen-bond acceptors (Lipinski definition) is 5. The van der Waals surface area contributed by atoms with Crippen molar-refractivity contribution in [2.45, 2.75) is 24.7 Å². The highest BCUT2D eigenvalue weighted by molar-refractivity contribution is 9.10. The fraction of sp³-hybridized carbons (Fsp3) is 0.357. The molecular weight excluding hydrogens is 324 g/mol. The lowest BCUT2D eigenvalue weighted by molar-refractivity contribution is -0.144. The van der Waals surface area contributed by atoms with E-state index in [1.165, 1.54) is 7.11 Å². The topological polar surface area (TPSA) is 65.2 Å². The number of esters is 1. The standard InChI is InChI=1S/C14H13BrN2O3/c1-19-13(18)14(6-7-14)12-16-11(17-20-12)8-9-2-4-10(15)5-3-9/h2-5H,6-8H2,1H3. The second kappa shape index (κ2) is 5.01. The number of ether oxygens (including phenoxy) is 1. The molecule has 0 N–H and O–H groups in total. The Morgan fingerprint density at radius 3 is 2.70 bits per heavy atom. The molecule has 1 fully saturated rings. The monoisotopic (exact) mass is 336 g/mol. The van der Waals surface area contributed by atoms with Gasteiger partial charge in [0, 0.05) is 10.9 Å². The van der Waals surface area contributed by atoms with Gasteiger partial charge in [0.25, 0.3) is 0 Å². The zero-order chi connectivity index (χ0) is 14.2. The first-order valence-electron chi connectivity index (χ1n) is 6.30. The summed E-state index contributed by atoms with van der Waals surface area (Å²) in [6.07, 6.45) is 1.99. The molecule has 20 heavy (non-hydrogen) atoms. The molecule has 5 nitrogen and oxygen atoms in total. The normalized spacial score (nSPS) is 15.9. The minimum Gasteiger partial charge on any atom is -0.468 e. The van der Waals surface area contributed by atoms with Gasteiger partial charge in [0.1, 0.15) is 5.41 Å². The number of nitrogens with zero attached hydrogens (tertiary/aromatic N) is 2. The third-order valence-electron chi connectivity index (χ3n) is 3.48. The number of rotatable bonds is 4. The van der Waals surface area contributed by atoms with E-state index in [-0.39, 0.29) is 5.97 Å². The quantitative estimate of drug-likeness (QED) is 0.803. The van der Waals surface area contributed by atoms with Gasteiger partial charge in [-0.05, 0) is 30.5 Å². The average molecular weight is 337 g/mol. The number of hydrogen-bond donors (Lipinski definition) is 0. The molecule has 104 valence electrons. The summed E-state index contributed by atoms with van der Waals surface area (Å²) in [5, 5.41) is 3.95. The molecule has 1 aromatic carbocycles. The van der Waals surface area contributed by atoms with Crippen LogP contribution in [0.25, 0.3) is 0 Å². The molecule has 1 heterocycles. The van der Waals surface area contributed by atoms with Crippen LogP contribution in [-0.2, 0) is 21.4 Å². The highest BCUT2D eigenvalue weighted by Gasteiger charge is 2.57. The van der Waals surface area contributed by atoms with Gasteiger partial charge in [0.2, 0.25) is 5.89 Å². The Bertz CT molecular complexity index is 632. The second-order valence-electron chi connectivity index (χ2n) is 4.89. The minimum absolute atomic E-state index is 0.295. The molecule has 2 aromatic rings. The van der Waals surface area contributed by atoms with Crippen LogP contribution in [0.15, 0.2) is 33.3 Å².